The number of anilines is 3. The van der Waals surface area contributed by atoms with Crippen molar-refractivity contribution in [1.82, 2.24) is 4.98 Å². The number of nitrogens with zero attached hydrogens (tertiary/aromatic N) is 2. The number of carbonyl (C=O) groups excluding carboxylic acids is 1. The number of pyridine rings is 1. The highest BCUT2D eigenvalue weighted by atomic mass is 16.1. The lowest BCUT2D eigenvalue weighted by atomic mass is 10.1. The second-order valence-electron chi connectivity index (χ2n) is 6.08. The first-order valence-electron chi connectivity index (χ1n) is 8.16. The lowest BCUT2D eigenvalue weighted by molar-refractivity contribution is 0.102. The van der Waals surface area contributed by atoms with Crippen LogP contribution in [0.15, 0.2) is 60.8 Å². The van der Waals surface area contributed by atoms with Gasteiger partial charge in [-0.2, -0.15) is 5.26 Å². The molecule has 2 N–H and O–H groups in total. The summed E-state index contributed by atoms with van der Waals surface area (Å²) >= 11 is 0. The first kappa shape index (κ1) is 17.2. The van der Waals surface area contributed by atoms with Crippen LogP contribution in [0.25, 0.3) is 0 Å². The average molecular weight is 342 g/mol. The quantitative estimate of drug-likeness (QED) is 0.728. The number of nitriles is 1. The summed E-state index contributed by atoms with van der Waals surface area (Å²) in [5.41, 5.74) is 5.29. The van der Waals surface area contributed by atoms with Crippen LogP contribution in [-0.2, 0) is 0 Å². The Morgan fingerprint density at radius 2 is 1.69 bits per heavy atom. The van der Waals surface area contributed by atoms with Crippen LogP contribution in [0.2, 0.25) is 0 Å². The minimum atomic E-state index is -0.274. The SMILES string of the molecule is Cc1cc(C)cc(NC(=O)c2cc(Nc3cccc(C#N)c3)ccn2)c1. The molecule has 5 heteroatoms. The van der Waals surface area contributed by atoms with E-state index in [4.69, 9.17) is 5.26 Å². The lowest BCUT2D eigenvalue weighted by Crippen LogP contribution is -2.14. The van der Waals surface area contributed by atoms with Crippen molar-refractivity contribution in [2.45, 2.75) is 13.8 Å². The topological polar surface area (TPSA) is 77.8 Å². The fraction of sp³-hybridized carbons (Fsp3) is 0.0952. The number of rotatable bonds is 4. The third-order valence-corrected chi connectivity index (χ3v) is 3.75. The molecule has 3 rings (SSSR count). The number of amides is 1. The molecule has 0 saturated carbocycles. The van der Waals surface area contributed by atoms with E-state index in [1.165, 1.54) is 0 Å². The second-order valence-corrected chi connectivity index (χ2v) is 6.08. The van der Waals surface area contributed by atoms with Crippen molar-refractivity contribution < 1.29 is 4.79 Å². The van der Waals surface area contributed by atoms with Gasteiger partial charge in [-0.3, -0.25) is 9.78 Å². The first-order chi connectivity index (χ1) is 12.5. The van der Waals surface area contributed by atoms with E-state index in [2.05, 4.69) is 21.7 Å². The number of aromatic nitrogens is 1. The maximum atomic E-state index is 12.5. The molecule has 0 aliphatic carbocycles. The molecule has 3 aromatic rings. The maximum absolute atomic E-state index is 12.5. The highest BCUT2D eigenvalue weighted by Gasteiger charge is 2.09. The van der Waals surface area contributed by atoms with Gasteiger partial charge in [0.15, 0.2) is 0 Å². The lowest BCUT2D eigenvalue weighted by Gasteiger charge is -2.10. The van der Waals surface area contributed by atoms with Crippen LogP contribution in [0, 0.1) is 25.2 Å². The summed E-state index contributed by atoms with van der Waals surface area (Å²) < 4.78 is 0. The molecule has 0 atom stereocenters. The number of carbonyl (C=O) groups is 1. The molecule has 0 saturated heterocycles. The predicted molar refractivity (Wildman–Crippen MR) is 103 cm³/mol. The van der Waals surface area contributed by atoms with E-state index in [9.17, 15) is 4.79 Å². The highest BCUT2D eigenvalue weighted by molar-refractivity contribution is 6.03. The number of aryl methyl sites for hydroxylation is 2. The molecule has 26 heavy (non-hydrogen) atoms. The molecule has 1 aromatic heterocycles. The fourth-order valence-corrected chi connectivity index (χ4v) is 2.71. The molecular weight excluding hydrogens is 324 g/mol. The normalized spacial score (nSPS) is 10.0. The fourth-order valence-electron chi connectivity index (χ4n) is 2.71. The molecule has 1 amide bonds. The summed E-state index contributed by atoms with van der Waals surface area (Å²) in [5.74, 6) is -0.274. The zero-order valence-electron chi connectivity index (χ0n) is 14.6. The van der Waals surface area contributed by atoms with Gasteiger partial charge in [-0.1, -0.05) is 12.1 Å². The van der Waals surface area contributed by atoms with Gasteiger partial charge in [-0.05, 0) is 67.4 Å². The van der Waals surface area contributed by atoms with Crippen LogP contribution in [0.5, 0.6) is 0 Å². The van der Waals surface area contributed by atoms with E-state index >= 15 is 0 Å². The Balaban J connectivity index is 1.77. The summed E-state index contributed by atoms with van der Waals surface area (Å²) in [6.07, 6.45) is 1.58. The van der Waals surface area contributed by atoms with Crippen molar-refractivity contribution in [2.24, 2.45) is 0 Å². The number of nitrogens with one attached hydrogen (secondary N) is 2. The van der Waals surface area contributed by atoms with Gasteiger partial charge < -0.3 is 10.6 Å². The minimum absolute atomic E-state index is 0.274. The van der Waals surface area contributed by atoms with Crippen molar-refractivity contribution in [3.05, 3.63) is 83.2 Å². The summed E-state index contributed by atoms with van der Waals surface area (Å²) in [6, 6.07) is 18.6. The standard InChI is InChI=1S/C21H18N4O/c1-14-8-15(2)10-19(9-14)25-21(26)20-12-18(6-7-23-20)24-17-5-3-4-16(11-17)13-22/h3-12H,1-2H3,(H,23,24)(H,25,26). The van der Waals surface area contributed by atoms with Gasteiger partial charge in [0, 0.05) is 23.3 Å². The molecule has 1 heterocycles. The number of hydrogen-bond acceptors (Lipinski definition) is 4. The number of hydrogen-bond donors (Lipinski definition) is 2. The van der Waals surface area contributed by atoms with Crippen LogP contribution < -0.4 is 10.6 Å². The molecule has 0 fully saturated rings. The smallest absolute Gasteiger partial charge is 0.274 e. The molecule has 5 nitrogen and oxygen atoms in total. The van der Waals surface area contributed by atoms with Crippen molar-refractivity contribution in [1.29, 1.82) is 5.26 Å². The number of benzene rings is 2. The molecular formula is C21H18N4O. The zero-order valence-corrected chi connectivity index (χ0v) is 14.6. The van der Waals surface area contributed by atoms with Crippen molar-refractivity contribution in [2.75, 3.05) is 10.6 Å². The van der Waals surface area contributed by atoms with E-state index < -0.39 is 0 Å². The van der Waals surface area contributed by atoms with Gasteiger partial charge in [0.25, 0.3) is 5.91 Å². The van der Waals surface area contributed by atoms with E-state index in [1.54, 1.807) is 36.5 Å². The Morgan fingerprint density at radius 1 is 0.962 bits per heavy atom. The molecule has 0 aliphatic rings. The van der Waals surface area contributed by atoms with Crippen molar-refractivity contribution in [3.63, 3.8) is 0 Å². The summed E-state index contributed by atoms with van der Waals surface area (Å²) in [6.45, 7) is 3.97. The third kappa shape index (κ3) is 4.25. The highest BCUT2D eigenvalue weighted by Crippen LogP contribution is 2.19. The van der Waals surface area contributed by atoms with E-state index in [1.807, 2.05) is 38.1 Å². The molecule has 0 aliphatic heterocycles. The predicted octanol–water partition coefficient (Wildman–Crippen LogP) is 4.57. The molecule has 2 aromatic carbocycles. The Labute approximate surface area is 152 Å². The first-order valence-corrected chi connectivity index (χ1v) is 8.16. The second kappa shape index (κ2) is 7.49. The average Bonchev–Trinajstić information content (AvgIpc) is 2.61. The van der Waals surface area contributed by atoms with Crippen LogP contribution in [-0.4, -0.2) is 10.9 Å². The van der Waals surface area contributed by atoms with Crippen LogP contribution in [0.1, 0.15) is 27.2 Å². The summed E-state index contributed by atoms with van der Waals surface area (Å²) in [5, 5.41) is 15.0. The summed E-state index contributed by atoms with van der Waals surface area (Å²) in [7, 11) is 0. The van der Waals surface area contributed by atoms with Crippen molar-refractivity contribution >= 4 is 23.0 Å². The van der Waals surface area contributed by atoms with Crippen LogP contribution in [0.3, 0.4) is 0 Å². The molecule has 0 spiro atoms. The van der Waals surface area contributed by atoms with Gasteiger partial charge in [0.05, 0.1) is 11.6 Å². The monoisotopic (exact) mass is 342 g/mol. The zero-order chi connectivity index (χ0) is 18.5. The molecule has 0 bridgehead atoms. The van der Waals surface area contributed by atoms with Gasteiger partial charge in [0.1, 0.15) is 5.69 Å². The van der Waals surface area contributed by atoms with Crippen LogP contribution >= 0.6 is 0 Å². The van der Waals surface area contributed by atoms with Gasteiger partial charge in [-0.15, -0.1) is 0 Å². The molecule has 0 radical (unpaired) electrons. The Bertz CT molecular complexity index is 985. The van der Waals surface area contributed by atoms with E-state index in [-0.39, 0.29) is 5.91 Å². The Hall–Kier alpha value is -3.65. The van der Waals surface area contributed by atoms with Crippen molar-refractivity contribution in [3.8, 4) is 6.07 Å². The van der Waals surface area contributed by atoms with E-state index in [0.717, 1.165) is 28.2 Å². The Kier molecular flexibility index (Phi) is 4.95. The molecule has 0 unspecified atom stereocenters. The summed E-state index contributed by atoms with van der Waals surface area (Å²) in [4.78, 5) is 16.6. The van der Waals surface area contributed by atoms with Gasteiger partial charge in [0.2, 0.25) is 0 Å². The van der Waals surface area contributed by atoms with E-state index in [0.29, 0.717) is 11.3 Å². The molecule has 128 valence electrons. The van der Waals surface area contributed by atoms with Crippen LogP contribution in [0.4, 0.5) is 17.1 Å². The van der Waals surface area contributed by atoms with Gasteiger partial charge >= 0.3 is 0 Å². The third-order valence-electron chi connectivity index (χ3n) is 3.75. The largest absolute Gasteiger partial charge is 0.355 e. The van der Waals surface area contributed by atoms with Gasteiger partial charge in [-0.25, -0.2) is 0 Å². The maximum Gasteiger partial charge on any atom is 0.274 e. The minimum Gasteiger partial charge on any atom is -0.355 e. The Morgan fingerprint density at radius 3 is 2.42 bits per heavy atom.